The van der Waals surface area contributed by atoms with E-state index in [-0.39, 0.29) is 5.69 Å². The maximum Gasteiger partial charge on any atom is 0.271 e. The van der Waals surface area contributed by atoms with E-state index in [1.165, 1.54) is 24.3 Å². The van der Waals surface area contributed by atoms with Gasteiger partial charge in [-0.15, -0.1) is 0 Å². The minimum atomic E-state index is -0.517. The largest absolute Gasteiger partial charge is 0.493 e. The molecule has 0 aromatic heterocycles. The van der Waals surface area contributed by atoms with E-state index in [0.29, 0.717) is 33.8 Å². The average Bonchev–Trinajstić information content (AvgIpc) is 2.77. The Balaban J connectivity index is 1.70. The molecule has 0 aliphatic heterocycles. The fourth-order valence-electron chi connectivity index (χ4n) is 2.76. The van der Waals surface area contributed by atoms with Crippen molar-refractivity contribution in [3.05, 3.63) is 98.5 Å². The molecule has 0 atom stereocenters. The van der Waals surface area contributed by atoms with Crippen molar-refractivity contribution in [1.82, 2.24) is 0 Å². The molecule has 31 heavy (non-hydrogen) atoms. The second-order valence-electron chi connectivity index (χ2n) is 6.44. The first-order valence-corrected chi connectivity index (χ1v) is 10.0. The van der Waals surface area contributed by atoms with Gasteiger partial charge in [-0.25, -0.2) is 0 Å². The number of hydrogen-bond donors (Lipinski definition) is 1. The SMILES string of the molecule is COc1cc(C=CC(=O)Nc2cccc([N+](=O)[O-])c2)cc(Br)c1OCc1ccccc1. The third kappa shape index (κ3) is 6.16. The van der Waals surface area contributed by atoms with Crippen LogP contribution in [0, 0.1) is 10.1 Å². The molecule has 3 aromatic carbocycles. The van der Waals surface area contributed by atoms with Crippen LogP contribution in [-0.2, 0) is 11.4 Å². The minimum Gasteiger partial charge on any atom is -0.493 e. The lowest BCUT2D eigenvalue weighted by molar-refractivity contribution is -0.384. The highest BCUT2D eigenvalue weighted by molar-refractivity contribution is 9.10. The quantitative estimate of drug-likeness (QED) is 0.256. The van der Waals surface area contributed by atoms with Gasteiger partial charge in [-0.05, 0) is 51.3 Å². The number of nitrogens with zero attached hydrogens (tertiary/aromatic N) is 1. The number of anilines is 1. The molecule has 0 spiro atoms. The van der Waals surface area contributed by atoms with E-state index in [4.69, 9.17) is 9.47 Å². The molecular weight excluding hydrogens is 464 g/mol. The van der Waals surface area contributed by atoms with Crippen molar-refractivity contribution >= 4 is 39.3 Å². The molecule has 7 nitrogen and oxygen atoms in total. The standard InChI is InChI=1S/C23H19BrN2O5/c1-30-21-13-17(12-20(24)23(21)31-15-16-6-3-2-4-7-16)10-11-22(27)25-18-8-5-9-19(14-18)26(28)29/h2-14H,15H2,1H3,(H,25,27). The third-order valence-electron chi connectivity index (χ3n) is 4.23. The number of carbonyl (C=O) groups excluding carboxylic acids is 1. The van der Waals surface area contributed by atoms with E-state index in [1.54, 1.807) is 31.4 Å². The van der Waals surface area contributed by atoms with Crippen LogP contribution in [0.4, 0.5) is 11.4 Å². The summed E-state index contributed by atoms with van der Waals surface area (Å²) in [6.45, 7) is 0.386. The number of benzene rings is 3. The van der Waals surface area contributed by atoms with Crippen molar-refractivity contribution in [2.24, 2.45) is 0 Å². The Hall–Kier alpha value is -3.65. The number of methoxy groups -OCH3 is 1. The summed E-state index contributed by atoms with van der Waals surface area (Å²) in [7, 11) is 1.54. The van der Waals surface area contributed by atoms with Crippen LogP contribution in [0.15, 0.2) is 77.3 Å². The van der Waals surface area contributed by atoms with Gasteiger partial charge in [0.25, 0.3) is 5.69 Å². The van der Waals surface area contributed by atoms with Crippen molar-refractivity contribution in [2.75, 3.05) is 12.4 Å². The summed E-state index contributed by atoms with van der Waals surface area (Å²) in [5.41, 5.74) is 1.98. The zero-order valence-electron chi connectivity index (χ0n) is 16.6. The van der Waals surface area contributed by atoms with E-state index in [0.717, 1.165) is 5.56 Å². The highest BCUT2D eigenvalue weighted by atomic mass is 79.9. The number of amides is 1. The number of nitrogens with one attached hydrogen (secondary N) is 1. The van der Waals surface area contributed by atoms with Gasteiger partial charge >= 0.3 is 0 Å². The third-order valence-corrected chi connectivity index (χ3v) is 4.82. The molecule has 8 heteroatoms. The van der Waals surface area contributed by atoms with Crippen LogP contribution >= 0.6 is 15.9 Å². The second kappa shape index (κ2) is 10.4. The first-order valence-electron chi connectivity index (χ1n) is 9.24. The maximum atomic E-state index is 12.2. The van der Waals surface area contributed by atoms with Crippen LogP contribution in [0.3, 0.4) is 0 Å². The number of halogens is 1. The summed E-state index contributed by atoms with van der Waals surface area (Å²) < 4.78 is 12.0. The van der Waals surface area contributed by atoms with Gasteiger partial charge in [0.05, 0.1) is 16.5 Å². The smallest absolute Gasteiger partial charge is 0.271 e. The molecule has 0 heterocycles. The normalized spacial score (nSPS) is 10.6. The van der Waals surface area contributed by atoms with Crippen molar-refractivity contribution in [2.45, 2.75) is 6.61 Å². The zero-order chi connectivity index (χ0) is 22.2. The van der Waals surface area contributed by atoms with Crippen molar-refractivity contribution < 1.29 is 19.2 Å². The molecular formula is C23H19BrN2O5. The van der Waals surface area contributed by atoms with Crippen molar-refractivity contribution in [3.8, 4) is 11.5 Å². The number of rotatable bonds is 8. The molecule has 0 aliphatic carbocycles. The first kappa shape index (κ1) is 22.0. The van der Waals surface area contributed by atoms with Gasteiger partial charge in [-0.1, -0.05) is 36.4 Å². The summed E-state index contributed by atoms with van der Waals surface area (Å²) in [6.07, 6.45) is 2.95. The Bertz CT molecular complexity index is 1120. The number of ether oxygens (including phenoxy) is 2. The Morgan fingerprint density at radius 1 is 1.13 bits per heavy atom. The highest BCUT2D eigenvalue weighted by Crippen LogP contribution is 2.37. The van der Waals surface area contributed by atoms with Crippen molar-refractivity contribution in [3.63, 3.8) is 0 Å². The maximum absolute atomic E-state index is 12.2. The fourth-order valence-corrected chi connectivity index (χ4v) is 3.33. The molecule has 158 valence electrons. The van der Waals surface area contributed by atoms with Crippen LogP contribution in [0.1, 0.15) is 11.1 Å². The fraction of sp³-hybridized carbons (Fsp3) is 0.0870. The van der Waals surface area contributed by atoms with Crippen LogP contribution < -0.4 is 14.8 Å². The number of nitro benzene ring substituents is 1. The van der Waals surface area contributed by atoms with E-state index in [9.17, 15) is 14.9 Å². The predicted octanol–water partition coefficient (Wildman–Crippen LogP) is 5.60. The van der Waals surface area contributed by atoms with Gasteiger partial charge in [-0.3, -0.25) is 14.9 Å². The van der Waals surface area contributed by atoms with Gasteiger partial charge in [0.1, 0.15) is 6.61 Å². The molecule has 0 saturated heterocycles. The Kier molecular flexibility index (Phi) is 7.40. The average molecular weight is 483 g/mol. The summed E-state index contributed by atoms with van der Waals surface area (Å²) in [4.78, 5) is 22.5. The molecule has 0 unspecified atom stereocenters. The van der Waals surface area contributed by atoms with Crippen LogP contribution in [0.2, 0.25) is 0 Å². The van der Waals surface area contributed by atoms with Crippen LogP contribution in [0.25, 0.3) is 6.08 Å². The lowest BCUT2D eigenvalue weighted by Gasteiger charge is -2.13. The van der Waals surface area contributed by atoms with Crippen LogP contribution in [-0.4, -0.2) is 17.9 Å². The second-order valence-corrected chi connectivity index (χ2v) is 7.29. The van der Waals surface area contributed by atoms with Gasteiger partial charge < -0.3 is 14.8 Å². The molecule has 0 radical (unpaired) electrons. The molecule has 1 N–H and O–H groups in total. The highest BCUT2D eigenvalue weighted by Gasteiger charge is 2.12. The monoisotopic (exact) mass is 482 g/mol. The van der Waals surface area contributed by atoms with Gasteiger partial charge in [0.15, 0.2) is 11.5 Å². The summed E-state index contributed by atoms with van der Waals surface area (Å²) >= 11 is 3.49. The summed E-state index contributed by atoms with van der Waals surface area (Å²) in [5, 5.41) is 13.5. The minimum absolute atomic E-state index is 0.0958. The van der Waals surface area contributed by atoms with Gasteiger partial charge in [-0.2, -0.15) is 0 Å². The lowest BCUT2D eigenvalue weighted by atomic mass is 10.2. The van der Waals surface area contributed by atoms with Gasteiger partial charge in [0.2, 0.25) is 5.91 Å². The predicted molar refractivity (Wildman–Crippen MR) is 122 cm³/mol. The van der Waals surface area contributed by atoms with E-state index >= 15 is 0 Å². The van der Waals surface area contributed by atoms with Crippen molar-refractivity contribution in [1.29, 1.82) is 0 Å². The molecule has 3 rings (SSSR count). The van der Waals surface area contributed by atoms with E-state index in [2.05, 4.69) is 21.2 Å². The van der Waals surface area contributed by atoms with Crippen LogP contribution in [0.5, 0.6) is 11.5 Å². The number of hydrogen-bond acceptors (Lipinski definition) is 5. The summed E-state index contributed by atoms with van der Waals surface area (Å²) in [5.74, 6) is 0.661. The molecule has 0 aliphatic rings. The lowest BCUT2D eigenvalue weighted by Crippen LogP contribution is -2.07. The Labute approximate surface area is 187 Å². The number of non-ortho nitro benzene ring substituents is 1. The summed E-state index contributed by atoms with van der Waals surface area (Å²) in [6, 6.07) is 19.1. The zero-order valence-corrected chi connectivity index (χ0v) is 18.2. The molecule has 1 amide bonds. The first-order chi connectivity index (χ1) is 15.0. The van der Waals surface area contributed by atoms with E-state index < -0.39 is 10.8 Å². The number of carbonyl (C=O) groups is 1. The Morgan fingerprint density at radius 2 is 1.90 bits per heavy atom. The Morgan fingerprint density at radius 3 is 2.61 bits per heavy atom. The van der Waals surface area contributed by atoms with E-state index in [1.807, 2.05) is 30.3 Å². The topological polar surface area (TPSA) is 90.7 Å². The molecule has 0 fully saturated rings. The molecule has 0 bridgehead atoms. The van der Waals surface area contributed by atoms with Gasteiger partial charge in [0, 0.05) is 23.9 Å². The molecule has 0 saturated carbocycles. The molecule has 3 aromatic rings. The number of nitro groups is 1.